The van der Waals surface area contributed by atoms with Crippen molar-refractivity contribution in [2.24, 2.45) is 0 Å². The van der Waals surface area contributed by atoms with Crippen molar-refractivity contribution in [1.82, 2.24) is 15.5 Å². The van der Waals surface area contributed by atoms with Crippen LogP contribution in [0.4, 0.5) is 0 Å². The van der Waals surface area contributed by atoms with Gasteiger partial charge in [-0.25, -0.2) is 0 Å². The van der Waals surface area contributed by atoms with Crippen LogP contribution < -0.4 is 10.6 Å². The fourth-order valence-corrected chi connectivity index (χ4v) is 4.11. The average Bonchev–Trinajstić information content (AvgIpc) is 2.88. The Morgan fingerprint density at radius 3 is 2.03 bits per heavy atom. The van der Waals surface area contributed by atoms with Crippen LogP contribution in [-0.2, 0) is 17.9 Å². The minimum atomic E-state index is -0.258. The van der Waals surface area contributed by atoms with Crippen LogP contribution in [0.3, 0.4) is 0 Å². The first kappa shape index (κ1) is 22.7. The number of carbonyl (C=O) groups excluding carboxylic acids is 2. The Hall–Kier alpha value is -3.44. The smallest absolute Gasteiger partial charge is 0.251 e. The van der Waals surface area contributed by atoms with Crippen molar-refractivity contribution < 1.29 is 9.59 Å². The number of hydrogen-bond donors (Lipinski definition) is 2. The Labute approximate surface area is 195 Å². The molecular weight excluding hydrogens is 410 g/mol. The lowest BCUT2D eigenvalue weighted by Gasteiger charge is -2.26. The number of likely N-dealkylation sites (tertiary alicyclic amines) is 1. The minimum absolute atomic E-state index is 0.0493. The molecule has 3 aromatic rings. The molecule has 0 unspecified atom stereocenters. The molecule has 0 bridgehead atoms. The van der Waals surface area contributed by atoms with Crippen molar-refractivity contribution in [3.63, 3.8) is 0 Å². The van der Waals surface area contributed by atoms with Crippen LogP contribution in [0.5, 0.6) is 0 Å². The molecule has 2 amide bonds. The highest BCUT2D eigenvalue weighted by Crippen LogP contribution is 2.19. The number of carbonyl (C=O) groups is 2. The van der Waals surface area contributed by atoms with Crippen LogP contribution in [-0.4, -0.2) is 36.3 Å². The molecule has 5 heteroatoms. The van der Waals surface area contributed by atoms with Crippen LogP contribution in [0.25, 0.3) is 11.1 Å². The Kier molecular flexibility index (Phi) is 7.88. The molecular formula is C28H31N3O2. The lowest BCUT2D eigenvalue weighted by molar-refractivity contribution is -0.120. The van der Waals surface area contributed by atoms with Crippen molar-refractivity contribution >= 4 is 11.8 Å². The van der Waals surface area contributed by atoms with E-state index in [1.807, 2.05) is 42.5 Å². The zero-order chi connectivity index (χ0) is 22.9. The number of nitrogens with zero attached hydrogens (tertiary/aromatic N) is 1. The van der Waals surface area contributed by atoms with Crippen molar-refractivity contribution in [3.05, 3.63) is 95.6 Å². The second-order valence-electron chi connectivity index (χ2n) is 8.56. The van der Waals surface area contributed by atoms with Crippen LogP contribution >= 0.6 is 0 Å². The Bertz CT molecular complexity index is 1040. The van der Waals surface area contributed by atoms with Gasteiger partial charge >= 0.3 is 0 Å². The molecule has 3 aromatic carbocycles. The molecule has 0 spiro atoms. The van der Waals surface area contributed by atoms with Gasteiger partial charge in [-0.15, -0.1) is 0 Å². The zero-order valence-corrected chi connectivity index (χ0v) is 18.9. The average molecular weight is 442 g/mol. The monoisotopic (exact) mass is 441 g/mol. The van der Waals surface area contributed by atoms with E-state index < -0.39 is 0 Å². The molecule has 4 rings (SSSR count). The van der Waals surface area contributed by atoms with Gasteiger partial charge in [0.05, 0.1) is 6.54 Å². The summed E-state index contributed by atoms with van der Waals surface area (Å²) in [5.74, 6) is -0.464. The summed E-state index contributed by atoms with van der Waals surface area (Å²) in [7, 11) is 0. The first-order valence-electron chi connectivity index (χ1n) is 11.7. The van der Waals surface area contributed by atoms with Crippen LogP contribution in [0.1, 0.15) is 40.7 Å². The molecule has 1 saturated heterocycles. The van der Waals surface area contributed by atoms with Gasteiger partial charge in [-0.05, 0) is 60.3 Å². The Morgan fingerprint density at radius 2 is 1.33 bits per heavy atom. The van der Waals surface area contributed by atoms with E-state index in [0.29, 0.717) is 12.1 Å². The summed E-state index contributed by atoms with van der Waals surface area (Å²) < 4.78 is 0. The van der Waals surface area contributed by atoms with Gasteiger partial charge in [0.2, 0.25) is 5.91 Å². The van der Waals surface area contributed by atoms with Gasteiger partial charge < -0.3 is 10.6 Å². The summed E-state index contributed by atoms with van der Waals surface area (Å²) in [5, 5.41) is 5.57. The molecule has 33 heavy (non-hydrogen) atoms. The fourth-order valence-electron chi connectivity index (χ4n) is 4.11. The highest BCUT2D eigenvalue weighted by molar-refractivity contribution is 5.96. The summed E-state index contributed by atoms with van der Waals surface area (Å²) in [6.07, 6.45) is 3.93. The largest absolute Gasteiger partial charge is 0.350 e. The topological polar surface area (TPSA) is 61.4 Å². The van der Waals surface area contributed by atoms with E-state index in [9.17, 15) is 9.59 Å². The predicted molar refractivity (Wildman–Crippen MR) is 132 cm³/mol. The number of nitrogens with one attached hydrogen (secondary N) is 2. The Balaban J connectivity index is 1.19. The standard InChI is InChI=1S/C28H31N3O2/c32-27(29-19-22-9-11-23(12-10-22)21-31-17-5-2-6-18-31)20-30-28(33)26-15-13-25(14-16-26)24-7-3-1-4-8-24/h1,3-4,7-16H,2,5-6,17-21H2,(H,29,32)(H,30,33). The predicted octanol–water partition coefficient (Wildman–Crippen LogP) is 4.39. The van der Waals surface area contributed by atoms with Crippen LogP contribution in [0.2, 0.25) is 0 Å². The summed E-state index contributed by atoms with van der Waals surface area (Å²) in [6, 6.07) is 25.8. The maximum atomic E-state index is 12.4. The lowest BCUT2D eigenvalue weighted by atomic mass is 10.0. The van der Waals surface area contributed by atoms with E-state index in [2.05, 4.69) is 39.8 Å². The molecule has 5 nitrogen and oxygen atoms in total. The van der Waals surface area contributed by atoms with Gasteiger partial charge in [-0.1, -0.05) is 73.2 Å². The molecule has 0 aliphatic carbocycles. The van der Waals surface area contributed by atoms with E-state index in [1.54, 1.807) is 12.1 Å². The van der Waals surface area contributed by atoms with Crippen LogP contribution in [0.15, 0.2) is 78.9 Å². The van der Waals surface area contributed by atoms with Gasteiger partial charge in [0.1, 0.15) is 0 Å². The summed E-state index contributed by atoms with van der Waals surface area (Å²) in [6.45, 7) is 3.75. The van der Waals surface area contributed by atoms with Crippen molar-refractivity contribution in [1.29, 1.82) is 0 Å². The SMILES string of the molecule is O=C(CNC(=O)c1ccc(-c2ccccc2)cc1)NCc1ccc(CN2CCCCC2)cc1. The zero-order valence-electron chi connectivity index (χ0n) is 18.9. The molecule has 1 aliphatic heterocycles. The molecule has 1 fully saturated rings. The first-order chi connectivity index (χ1) is 16.2. The number of benzene rings is 3. The van der Waals surface area contributed by atoms with E-state index in [4.69, 9.17) is 0 Å². The molecule has 2 N–H and O–H groups in total. The van der Waals surface area contributed by atoms with Crippen LogP contribution in [0, 0.1) is 0 Å². The van der Waals surface area contributed by atoms with Crippen molar-refractivity contribution in [2.45, 2.75) is 32.4 Å². The number of piperidine rings is 1. The van der Waals surface area contributed by atoms with Gasteiger partial charge in [-0.2, -0.15) is 0 Å². The lowest BCUT2D eigenvalue weighted by Crippen LogP contribution is -2.36. The quantitative estimate of drug-likeness (QED) is 0.545. The molecule has 0 saturated carbocycles. The highest BCUT2D eigenvalue weighted by Gasteiger charge is 2.11. The maximum Gasteiger partial charge on any atom is 0.251 e. The van der Waals surface area contributed by atoms with E-state index in [1.165, 1.54) is 37.9 Å². The molecule has 1 aliphatic rings. The van der Waals surface area contributed by atoms with Crippen molar-refractivity contribution in [2.75, 3.05) is 19.6 Å². The van der Waals surface area contributed by atoms with E-state index in [0.717, 1.165) is 23.2 Å². The molecule has 0 aromatic heterocycles. The van der Waals surface area contributed by atoms with Gasteiger partial charge in [0, 0.05) is 18.7 Å². The minimum Gasteiger partial charge on any atom is -0.350 e. The number of rotatable bonds is 8. The molecule has 1 heterocycles. The van der Waals surface area contributed by atoms with Gasteiger partial charge in [0.25, 0.3) is 5.91 Å². The van der Waals surface area contributed by atoms with Gasteiger partial charge in [-0.3, -0.25) is 14.5 Å². The third kappa shape index (κ3) is 6.77. The summed E-state index contributed by atoms with van der Waals surface area (Å²) in [5.41, 5.74) is 5.04. The number of amides is 2. The summed E-state index contributed by atoms with van der Waals surface area (Å²) in [4.78, 5) is 27.1. The van der Waals surface area contributed by atoms with Crippen molar-refractivity contribution in [3.8, 4) is 11.1 Å². The third-order valence-electron chi connectivity index (χ3n) is 6.03. The highest BCUT2D eigenvalue weighted by atomic mass is 16.2. The van der Waals surface area contributed by atoms with E-state index >= 15 is 0 Å². The Morgan fingerprint density at radius 1 is 0.697 bits per heavy atom. The second-order valence-corrected chi connectivity index (χ2v) is 8.56. The normalized spacial score (nSPS) is 13.9. The molecule has 0 radical (unpaired) electrons. The first-order valence-corrected chi connectivity index (χ1v) is 11.7. The third-order valence-corrected chi connectivity index (χ3v) is 6.03. The van der Waals surface area contributed by atoms with Gasteiger partial charge in [0.15, 0.2) is 0 Å². The second kappa shape index (κ2) is 11.4. The maximum absolute atomic E-state index is 12.4. The molecule has 0 atom stereocenters. The summed E-state index contributed by atoms with van der Waals surface area (Å²) >= 11 is 0. The van der Waals surface area contributed by atoms with E-state index in [-0.39, 0.29) is 18.4 Å². The number of hydrogen-bond acceptors (Lipinski definition) is 3. The molecule has 170 valence electrons. The fraction of sp³-hybridized carbons (Fsp3) is 0.286.